The van der Waals surface area contributed by atoms with Gasteiger partial charge in [0.1, 0.15) is 5.69 Å². The van der Waals surface area contributed by atoms with E-state index in [1.165, 1.54) is 11.8 Å². The SMILES string of the molecule is CC(C)NC(=O)c1ccnc(C(=O)N2CCCc3ccccc32)c1. The summed E-state index contributed by atoms with van der Waals surface area (Å²) in [5.41, 5.74) is 2.86. The predicted octanol–water partition coefficient (Wildman–Crippen LogP) is 2.81. The highest BCUT2D eigenvalue weighted by atomic mass is 16.2. The van der Waals surface area contributed by atoms with Gasteiger partial charge in [-0.2, -0.15) is 0 Å². The molecule has 1 aromatic carbocycles. The molecule has 2 amide bonds. The summed E-state index contributed by atoms with van der Waals surface area (Å²) < 4.78 is 0. The van der Waals surface area contributed by atoms with Crippen molar-refractivity contribution in [2.45, 2.75) is 32.7 Å². The van der Waals surface area contributed by atoms with Crippen molar-refractivity contribution in [2.75, 3.05) is 11.4 Å². The Labute approximate surface area is 141 Å². The van der Waals surface area contributed by atoms with Gasteiger partial charge in [-0.05, 0) is 50.5 Å². The van der Waals surface area contributed by atoms with Crippen molar-refractivity contribution >= 4 is 17.5 Å². The Morgan fingerprint density at radius 1 is 1.21 bits per heavy atom. The number of hydrogen-bond donors (Lipinski definition) is 1. The Morgan fingerprint density at radius 2 is 2.00 bits per heavy atom. The van der Waals surface area contributed by atoms with Gasteiger partial charge in [-0.25, -0.2) is 0 Å². The van der Waals surface area contributed by atoms with Crippen LogP contribution in [-0.4, -0.2) is 29.4 Å². The van der Waals surface area contributed by atoms with Crippen molar-refractivity contribution in [2.24, 2.45) is 0 Å². The first kappa shape index (κ1) is 16.2. The summed E-state index contributed by atoms with van der Waals surface area (Å²) in [4.78, 5) is 31.0. The molecule has 1 aromatic heterocycles. The minimum atomic E-state index is -0.194. The van der Waals surface area contributed by atoms with E-state index in [4.69, 9.17) is 0 Å². The number of aryl methyl sites for hydroxylation is 1. The third-order valence-corrected chi connectivity index (χ3v) is 4.02. The molecule has 1 aliphatic heterocycles. The van der Waals surface area contributed by atoms with E-state index in [0.717, 1.165) is 18.5 Å². The number of anilines is 1. The molecule has 1 aliphatic rings. The first-order valence-electron chi connectivity index (χ1n) is 8.23. The van der Waals surface area contributed by atoms with Gasteiger partial charge in [-0.1, -0.05) is 18.2 Å². The number of benzene rings is 1. The lowest BCUT2D eigenvalue weighted by molar-refractivity contribution is 0.0943. The Hall–Kier alpha value is -2.69. The van der Waals surface area contributed by atoms with Crippen LogP contribution in [0.2, 0.25) is 0 Å². The molecule has 0 bridgehead atoms. The molecular weight excluding hydrogens is 302 g/mol. The van der Waals surface area contributed by atoms with E-state index in [1.807, 2.05) is 32.0 Å². The van der Waals surface area contributed by atoms with Gasteiger partial charge in [0.05, 0.1) is 0 Å². The second-order valence-corrected chi connectivity index (χ2v) is 6.25. The lowest BCUT2D eigenvalue weighted by Gasteiger charge is -2.29. The molecule has 0 saturated carbocycles. The van der Waals surface area contributed by atoms with Crippen molar-refractivity contribution in [3.63, 3.8) is 0 Å². The number of nitrogens with zero attached hydrogens (tertiary/aromatic N) is 2. The van der Waals surface area contributed by atoms with Gasteiger partial charge in [0.25, 0.3) is 11.8 Å². The molecule has 24 heavy (non-hydrogen) atoms. The Morgan fingerprint density at radius 3 is 2.79 bits per heavy atom. The van der Waals surface area contributed by atoms with Crippen LogP contribution in [0.3, 0.4) is 0 Å². The molecule has 3 rings (SSSR count). The smallest absolute Gasteiger partial charge is 0.276 e. The van der Waals surface area contributed by atoms with Crippen molar-refractivity contribution in [1.82, 2.24) is 10.3 Å². The van der Waals surface area contributed by atoms with Gasteiger partial charge < -0.3 is 10.2 Å². The Kier molecular flexibility index (Phi) is 4.60. The molecule has 0 unspecified atom stereocenters. The summed E-state index contributed by atoms with van der Waals surface area (Å²) in [5.74, 6) is -0.359. The number of rotatable bonds is 3. The summed E-state index contributed by atoms with van der Waals surface area (Å²) in [6.45, 7) is 4.46. The van der Waals surface area contributed by atoms with Crippen molar-refractivity contribution in [3.05, 3.63) is 59.4 Å². The molecule has 1 N–H and O–H groups in total. The highest BCUT2D eigenvalue weighted by molar-refractivity contribution is 6.07. The Bertz CT molecular complexity index is 771. The maximum absolute atomic E-state index is 12.9. The van der Waals surface area contributed by atoms with Crippen LogP contribution in [-0.2, 0) is 6.42 Å². The van der Waals surface area contributed by atoms with Gasteiger partial charge in [0, 0.05) is 30.0 Å². The van der Waals surface area contributed by atoms with Gasteiger partial charge >= 0.3 is 0 Å². The number of carbonyl (C=O) groups excluding carboxylic acids is 2. The normalized spacial score (nSPS) is 13.5. The third-order valence-electron chi connectivity index (χ3n) is 4.02. The molecule has 2 aromatic rings. The van der Waals surface area contributed by atoms with E-state index in [0.29, 0.717) is 17.8 Å². The van der Waals surface area contributed by atoms with Gasteiger partial charge in [0.15, 0.2) is 0 Å². The van der Waals surface area contributed by atoms with Gasteiger partial charge in [0.2, 0.25) is 0 Å². The molecule has 0 saturated heterocycles. The van der Waals surface area contributed by atoms with Crippen LogP contribution in [0, 0.1) is 0 Å². The topological polar surface area (TPSA) is 62.3 Å². The number of hydrogen-bond acceptors (Lipinski definition) is 3. The van der Waals surface area contributed by atoms with E-state index in [2.05, 4.69) is 16.4 Å². The van der Waals surface area contributed by atoms with E-state index >= 15 is 0 Å². The molecule has 0 atom stereocenters. The predicted molar refractivity (Wildman–Crippen MR) is 93.3 cm³/mol. The molecule has 0 spiro atoms. The second-order valence-electron chi connectivity index (χ2n) is 6.25. The maximum Gasteiger partial charge on any atom is 0.276 e. The lowest BCUT2D eigenvalue weighted by atomic mass is 10.0. The van der Waals surface area contributed by atoms with Crippen LogP contribution in [0.15, 0.2) is 42.6 Å². The fraction of sp³-hybridized carbons (Fsp3) is 0.316. The zero-order valence-corrected chi connectivity index (χ0v) is 14.0. The molecule has 5 nitrogen and oxygen atoms in total. The average molecular weight is 323 g/mol. The summed E-state index contributed by atoms with van der Waals surface area (Å²) in [6, 6.07) is 11.2. The standard InChI is InChI=1S/C19H21N3O2/c1-13(2)21-18(23)15-9-10-20-16(12-15)19(24)22-11-5-7-14-6-3-4-8-17(14)22/h3-4,6,8-10,12-13H,5,7,11H2,1-2H3,(H,21,23). The summed E-state index contributed by atoms with van der Waals surface area (Å²) >= 11 is 0. The fourth-order valence-corrected chi connectivity index (χ4v) is 2.92. The monoisotopic (exact) mass is 323 g/mol. The molecule has 5 heteroatoms. The number of amides is 2. The summed E-state index contributed by atoms with van der Waals surface area (Å²) in [7, 11) is 0. The third kappa shape index (κ3) is 3.30. The molecule has 0 aliphatic carbocycles. The van der Waals surface area contributed by atoms with Crippen LogP contribution >= 0.6 is 0 Å². The lowest BCUT2D eigenvalue weighted by Crippen LogP contribution is -2.36. The number of para-hydroxylation sites is 1. The van der Waals surface area contributed by atoms with Crippen LogP contribution < -0.4 is 10.2 Å². The van der Waals surface area contributed by atoms with Crippen LogP contribution in [0.25, 0.3) is 0 Å². The number of nitrogens with one attached hydrogen (secondary N) is 1. The van der Waals surface area contributed by atoms with Crippen molar-refractivity contribution in [3.8, 4) is 0 Å². The summed E-state index contributed by atoms with van der Waals surface area (Å²) in [5, 5.41) is 2.83. The van der Waals surface area contributed by atoms with Crippen molar-refractivity contribution in [1.29, 1.82) is 0 Å². The molecule has 0 radical (unpaired) electrons. The minimum Gasteiger partial charge on any atom is -0.350 e. The highest BCUT2D eigenvalue weighted by Gasteiger charge is 2.24. The van der Waals surface area contributed by atoms with E-state index < -0.39 is 0 Å². The molecule has 2 heterocycles. The van der Waals surface area contributed by atoms with Crippen LogP contribution in [0.5, 0.6) is 0 Å². The maximum atomic E-state index is 12.9. The van der Waals surface area contributed by atoms with Crippen LogP contribution in [0.4, 0.5) is 5.69 Å². The largest absolute Gasteiger partial charge is 0.350 e. The molecule has 0 fully saturated rings. The van der Waals surface area contributed by atoms with Gasteiger partial charge in [-0.3, -0.25) is 14.6 Å². The molecule has 124 valence electrons. The first-order valence-corrected chi connectivity index (χ1v) is 8.23. The fourth-order valence-electron chi connectivity index (χ4n) is 2.92. The zero-order valence-electron chi connectivity index (χ0n) is 14.0. The van der Waals surface area contributed by atoms with Crippen molar-refractivity contribution < 1.29 is 9.59 Å². The van der Waals surface area contributed by atoms with Crippen LogP contribution in [0.1, 0.15) is 46.7 Å². The minimum absolute atomic E-state index is 0.0405. The summed E-state index contributed by atoms with van der Waals surface area (Å²) in [6.07, 6.45) is 3.42. The molecular formula is C19H21N3O2. The number of carbonyl (C=O) groups is 2. The van der Waals surface area contributed by atoms with Gasteiger partial charge in [-0.15, -0.1) is 0 Å². The average Bonchev–Trinajstić information content (AvgIpc) is 2.60. The first-order chi connectivity index (χ1) is 11.6. The number of pyridine rings is 1. The Balaban J connectivity index is 1.88. The zero-order chi connectivity index (χ0) is 17.1. The van der Waals surface area contributed by atoms with E-state index in [1.54, 1.807) is 17.0 Å². The van der Waals surface area contributed by atoms with E-state index in [-0.39, 0.29) is 17.9 Å². The second kappa shape index (κ2) is 6.83. The number of aromatic nitrogens is 1. The highest BCUT2D eigenvalue weighted by Crippen LogP contribution is 2.27. The quantitative estimate of drug-likeness (QED) is 0.945. The number of fused-ring (bicyclic) bond motifs is 1. The van der Waals surface area contributed by atoms with E-state index in [9.17, 15) is 9.59 Å².